The number of hydrogen-bond donors (Lipinski definition) is 1. The van der Waals surface area contributed by atoms with E-state index in [1.165, 1.54) is 19.3 Å². The van der Waals surface area contributed by atoms with Crippen molar-refractivity contribution in [1.29, 1.82) is 0 Å². The first-order chi connectivity index (χ1) is 6.09. The van der Waals surface area contributed by atoms with Crippen LogP contribution in [0.1, 0.15) is 40.0 Å². The van der Waals surface area contributed by atoms with Crippen molar-refractivity contribution in [3.8, 4) is 0 Å². The van der Waals surface area contributed by atoms with Gasteiger partial charge in [0.1, 0.15) is 0 Å². The number of hydrogen-bond acceptors (Lipinski definition) is 3. The highest BCUT2D eigenvalue weighted by Crippen LogP contribution is 2.21. The molecule has 3 nitrogen and oxygen atoms in total. The highest BCUT2D eigenvalue weighted by molar-refractivity contribution is 5.90. The van der Waals surface area contributed by atoms with Gasteiger partial charge in [0.2, 0.25) is 0 Å². The summed E-state index contributed by atoms with van der Waals surface area (Å²) in [4.78, 5) is 2.39. The minimum Gasteiger partial charge on any atom is -0.411 e. The lowest BCUT2D eigenvalue weighted by Crippen LogP contribution is -2.51. The lowest BCUT2D eigenvalue weighted by atomic mass is 9.94. The second-order valence-corrected chi connectivity index (χ2v) is 4.29. The van der Waals surface area contributed by atoms with Gasteiger partial charge in [0.15, 0.2) is 0 Å². The molecule has 76 valence electrons. The molecule has 1 heterocycles. The summed E-state index contributed by atoms with van der Waals surface area (Å²) >= 11 is 0. The molecule has 1 fully saturated rings. The van der Waals surface area contributed by atoms with Crippen molar-refractivity contribution >= 4 is 5.71 Å². The van der Waals surface area contributed by atoms with Crippen LogP contribution in [-0.4, -0.2) is 34.4 Å². The minimum absolute atomic E-state index is 0.0881. The molecule has 0 bridgehead atoms. The van der Waals surface area contributed by atoms with Crippen molar-refractivity contribution < 1.29 is 5.21 Å². The Kier molecular flexibility index (Phi) is 3.31. The molecule has 0 unspecified atom stereocenters. The van der Waals surface area contributed by atoms with E-state index in [2.05, 4.69) is 23.9 Å². The van der Waals surface area contributed by atoms with Gasteiger partial charge in [-0.2, -0.15) is 0 Å². The van der Waals surface area contributed by atoms with E-state index in [1.54, 1.807) is 0 Å². The Morgan fingerprint density at radius 2 is 1.77 bits per heavy atom. The molecule has 0 spiro atoms. The Labute approximate surface area is 80.4 Å². The predicted octanol–water partition coefficient (Wildman–Crippen LogP) is 2.10. The maximum atomic E-state index is 8.76. The van der Waals surface area contributed by atoms with Crippen molar-refractivity contribution in [3.05, 3.63) is 0 Å². The van der Waals surface area contributed by atoms with Crippen LogP contribution in [0, 0.1) is 0 Å². The molecule has 1 N–H and O–H groups in total. The van der Waals surface area contributed by atoms with E-state index in [0.29, 0.717) is 0 Å². The maximum Gasteiger partial charge on any atom is 0.0736 e. The summed E-state index contributed by atoms with van der Waals surface area (Å²) in [6, 6.07) is 0. The zero-order valence-corrected chi connectivity index (χ0v) is 8.88. The summed E-state index contributed by atoms with van der Waals surface area (Å²) in [7, 11) is 0. The first-order valence-electron chi connectivity index (χ1n) is 5.03. The zero-order chi connectivity index (χ0) is 9.90. The average Bonchev–Trinajstić information content (AvgIpc) is 2.18. The van der Waals surface area contributed by atoms with Crippen LogP contribution in [0.15, 0.2) is 5.16 Å². The van der Waals surface area contributed by atoms with Crippen LogP contribution in [0.25, 0.3) is 0 Å². The topological polar surface area (TPSA) is 35.8 Å². The Morgan fingerprint density at radius 3 is 2.23 bits per heavy atom. The van der Waals surface area contributed by atoms with E-state index in [4.69, 9.17) is 5.21 Å². The molecule has 3 heteroatoms. The molecule has 1 aliphatic rings. The second-order valence-electron chi connectivity index (χ2n) is 4.29. The first-order valence-corrected chi connectivity index (χ1v) is 5.03. The average molecular weight is 184 g/mol. The Hall–Kier alpha value is -0.570. The van der Waals surface area contributed by atoms with Gasteiger partial charge < -0.3 is 5.21 Å². The molecule has 13 heavy (non-hydrogen) atoms. The van der Waals surface area contributed by atoms with Crippen molar-refractivity contribution in [2.45, 2.75) is 45.6 Å². The van der Waals surface area contributed by atoms with Gasteiger partial charge in [0.05, 0.1) is 11.3 Å². The number of oxime groups is 1. The van der Waals surface area contributed by atoms with Crippen LogP contribution >= 0.6 is 0 Å². The second kappa shape index (κ2) is 4.09. The number of rotatable bonds is 2. The van der Waals surface area contributed by atoms with Crippen LogP contribution in [0.3, 0.4) is 0 Å². The normalized spacial score (nSPS) is 21.9. The molecule has 0 atom stereocenters. The van der Waals surface area contributed by atoms with Gasteiger partial charge in [-0.1, -0.05) is 11.6 Å². The predicted molar refractivity (Wildman–Crippen MR) is 54.4 cm³/mol. The van der Waals surface area contributed by atoms with Gasteiger partial charge in [-0.3, -0.25) is 4.90 Å². The van der Waals surface area contributed by atoms with E-state index in [1.807, 2.05) is 6.92 Å². The van der Waals surface area contributed by atoms with Crippen LogP contribution in [0.2, 0.25) is 0 Å². The molecule has 0 aromatic rings. The lowest BCUT2D eigenvalue weighted by Gasteiger charge is -2.40. The van der Waals surface area contributed by atoms with Gasteiger partial charge in [0.25, 0.3) is 0 Å². The Morgan fingerprint density at radius 1 is 1.23 bits per heavy atom. The molecule has 1 rings (SSSR count). The molecule has 0 radical (unpaired) electrons. The third kappa shape index (κ3) is 2.21. The van der Waals surface area contributed by atoms with Crippen molar-refractivity contribution in [2.24, 2.45) is 5.16 Å². The van der Waals surface area contributed by atoms with E-state index in [9.17, 15) is 0 Å². The van der Waals surface area contributed by atoms with Crippen LogP contribution in [0.5, 0.6) is 0 Å². The summed E-state index contributed by atoms with van der Waals surface area (Å²) < 4.78 is 0. The fraction of sp³-hybridized carbons (Fsp3) is 0.900. The molecule has 1 saturated heterocycles. The Balaban J connectivity index is 2.66. The molecular formula is C10H20N2O. The first kappa shape index (κ1) is 10.5. The summed E-state index contributed by atoms with van der Waals surface area (Å²) in [5.41, 5.74) is 0.712. The Bertz CT molecular complexity index is 193. The standard InChI is InChI=1S/C10H20N2O/c1-9(11-13)10(2,3)12-7-5-4-6-8-12/h13H,4-8H2,1-3H3. The van der Waals surface area contributed by atoms with E-state index < -0.39 is 0 Å². The van der Waals surface area contributed by atoms with Crippen LogP contribution in [0.4, 0.5) is 0 Å². The molecule has 0 saturated carbocycles. The number of piperidine rings is 1. The molecule has 0 amide bonds. The van der Waals surface area contributed by atoms with E-state index >= 15 is 0 Å². The van der Waals surface area contributed by atoms with E-state index in [0.717, 1.165) is 18.8 Å². The summed E-state index contributed by atoms with van der Waals surface area (Å²) in [5, 5.41) is 12.1. The van der Waals surface area contributed by atoms with Gasteiger partial charge in [-0.15, -0.1) is 0 Å². The molecular weight excluding hydrogens is 164 g/mol. The van der Waals surface area contributed by atoms with Crippen LogP contribution in [-0.2, 0) is 0 Å². The molecule has 0 aromatic heterocycles. The minimum atomic E-state index is -0.0881. The fourth-order valence-corrected chi connectivity index (χ4v) is 1.80. The maximum absolute atomic E-state index is 8.76. The fourth-order valence-electron chi connectivity index (χ4n) is 1.80. The summed E-state index contributed by atoms with van der Waals surface area (Å²) in [5.74, 6) is 0. The highest BCUT2D eigenvalue weighted by atomic mass is 16.4. The highest BCUT2D eigenvalue weighted by Gasteiger charge is 2.30. The molecule has 0 aromatic carbocycles. The molecule has 1 aliphatic heterocycles. The third-order valence-corrected chi connectivity index (χ3v) is 3.18. The monoisotopic (exact) mass is 184 g/mol. The number of likely N-dealkylation sites (tertiary alicyclic amines) is 1. The van der Waals surface area contributed by atoms with Crippen LogP contribution < -0.4 is 0 Å². The lowest BCUT2D eigenvalue weighted by molar-refractivity contribution is 0.142. The smallest absolute Gasteiger partial charge is 0.0736 e. The summed E-state index contributed by atoms with van der Waals surface area (Å²) in [6.45, 7) is 8.37. The van der Waals surface area contributed by atoms with Gasteiger partial charge in [-0.05, 0) is 46.7 Å². The molecule has 0 aliphatic carbocycles. The third-order valence-electron chi connectivity index (χ3n) is 3.18. The van der Waals surface area contributed by atoms with Gasteiger partial charge >= 0.3 is 0 Å². The summed E-state index contributed by atoms with van der Waals surface area (Å²) in [6.07, 6.45) is 3.87. The quantitative estimate of drug-likeness (QED) is 0.405. The largest absolute Gasteiger partial charge is 0.411 e. The van der Waals surface area contributed by atoms with Gasteiger partial charge in [0, 0.05) is 0 Å². The van der Waals surface area contributed by atoms with Crippen molar-refractivity contribution in [1.82, 2.24) is 4.90 Å². The number of nitrogens with zero attached hydrogens (tertiary/aromatic N) is 2. The SMILES string of the molecule is CC(=NO)C(C)(C)N1CCCCC1. The zero-order valence-electron chi connectivity index (χ0n) is 8.88. The van der Waals surface area contributed by atoms with Gasteiger partial charge in [-0.25, -0.2) is 0 Å². The van der Waals surface area contributed by atoms with Crippen molar-refractivity contribution in [2.75, 3.05) is 13.1 Å². The van der Waals surface area contributed by atoms with Crippen molar-refractivity contribution in [3.63, 3.8) is 0 Å². The van der Waals surface area contributed by atoms with E-state index in [-0.39, 0.29) is 5.54 Å².